The first-order valence-electron chi connectivity index (χ1n) is 8.56. The molecule has 0 aliphatic carbocycles. The second-order valence-electron chi connectivity index (χ2n) is 7.48. The molecule has 1 rings (SSSR count). The first-order chi connectivity index (χ1) is 10.7. The Balaban J connectivity index is 3.15. The highest BCUT2D eigenvalue weighted by Crippen LogP contribution is 2.30. The molecule has 1 aromatic carbocycles. The molecule has 2 heteroatoms. The number of carbonyl (C=O) groups excluding carboxylic acids is 1. The van der Waals surface area contributed by atoms with Gasteiger partial charge in [0.2, 0.25) is 0 Å². The van der Waals surface area contributed by atoms with Gasteiger partial charge in [0.05, 0.1) is 0 Å². The quantitative estimate of drug-likeness (QED) is 0.540. The summed E-state index contributed by atoms with van der Waals surface area (Å²) in [6.07, 6.45) is 7.95. The number of ketones is 1. The van der Waals surface area contributed by atoms with Crippen LogP contribution < -0.4 is 0 Å². The third-order valence-corrected chi connectivity index (χ3v) is 3.85. The van der Waals surface area contributed by atoms with Crippen molar-refractivity contribution in [2.24, 2.45) is 17.8 Å². The summed E-state index contributed by atoms with van der Waals surface area (Å²) < 4.78 is 0. The predicted octanol–water partition coefficient (Wildman–Crippen LogP) is 5.02. The number of carbonyl (C=O) groups is 1. The Labute approximate surface area is 141 Å². The summed E-state index contributed by atoms with van der Waals surface area (Å²) in [6, 6.07) is 3.73. The van der Waals surface area contributed by atoms with Gasteiger partial charge in [-0.15, -0.1) is 12.3 Å². The van der Waals surface area contributed by atoms with Crippen molar-refractivity contribution in [2.45, 2.75) is 60.3 Å². The number of phenols is 1. The van der Waals surface area contributed by atoms with Gasteiger partial charge in [0.1, 0.15) is 5.75 Å². The van der Waals surface area contributed by atoms with Gasteiger partial charge in [-0.05, 0) is 53.9 Å². The molecule has 0 aliphatic heterocycles. The molecule has 0 radical (unpaired) electrons. The van der Waals surface area contributed by atoms with Gasteiger partial charge in [-0.3, -0.25) is 4.79 Å². The van der Waals surface area contributed by atoms with Crippen LogP contribution in [0.25, 0.3) is 0 Å². The van der Waals surface area contributed by atoms with Crippen LogP contribution in [-0.2, 0) is 12.8 Å². The number of phenolic OH excluding ortho intramolecular Hbond substituents is 1. The average molecular weight is 314 g/mol. The van der Waals surface area contributed by atoms with Gasteiger partial charge in [0.15, 0.2) is 5.78 Å². The third-order valence-electron chi connectivity index (χ3n) is 3.85. The van der Waals surface area contributed by atoms with Crippen molar-refractivity contribution < 1.29 is 9.90 Å². The second-order valence-corrected chi connectivity index (χ2v) is 7.48. The summed E-state index contributed by atoms with van der Waals surface area (Å²) in [5, 5.41) is 10.5. The molecule has 23 heavy (non-hydrogen) atoms. The molecule has 126 valence electrons. The fourth-order valence-electron chi connectivity index (χ4n) is 2.82. The van der Waals surface area contributed by atoms with Crippen LogP contribution in [0.3, 0.4) is 0 Å². The van der Waals surface area contributed by atoms with Crippen LogP contribution in [0.4, 0.5) is 0 Å². The number of hydrogen-bond acceptors (Lipinski definition) is 2. The Hall–Kier alpha value is -1.75. The highest BCUT2D eigenvalue weighted by molar-refractivity contribution is 5.96. The molecular weight excluding hydrogens is 284 g/mol. The summed E-state index contributed by atoms with van der Waals surface area (Å²) >= 11 is 0. The fourth-order valence-corrected chi connectivity index (χ4v) is 2.82. The molecule has 0 amide bonds. The maximum absolute atomic E-state index is 12.6. The summed E-state index contributed by atoms with van der Waals surface area (Å²) in [6.45, 7) is 10.5. The van der Waals surface area contributed by atoms with Crippen LogP contribution in [-0.4, -0.2) is 10.9 Å². The van der Waals surface area contributed by atoms with E-state index in [9.17, 15) is 9.90 Å². The molecule has 0 unspecified atom stereocenters. The van der Waals surface area contributed by atoms with E-state index in [2.05, 4.69) is 33.6 Å². The minimum atomic E-state index is 0.114. The number of benzene rings is 1. The molecule has 1 atom stereocenters. The molecule has 1 N–H and O–H groups in total. The van der Waals surface area contributed by atoms with Crippen LogP contribution in [0.5, 0.6) is 5.75 Å². The zero-order chi connectivity index (χ0) is 17.6. The Morgan fingerprint density at radius 1 is 1.09 bits per heavy atom. The van der Waals surface area contributed by atoms with E-state index >= 15 is 0 Å². The number of rotatable bonds is 8. The minimum Gasteiger partial charge on any atom is -0.507 e. The van der Waals surface area contributed by atoms with E-state index in [4.69, 9.17) is 6.42 Å². The van der Waals surface area contributed by atoms with Crippen LogP contribution in [0.15, 0.2) is 12.1 Å². The number of Topliss-reactive ketones (excluding diaryl/α,β-unsaturated/α-hetero) is 1. The van der Waals surface area contributed by atoms with Crippen LogP contribution in [0.1, 0.15) is 68.9 Å². The molecule has 0 saturated heterocycles. The monoisotopic (exact) mass is 314 g/mol. The van der Waals surface area contributed by atoms with Crippen molar-refractivity contribution in [3.05, 3.63) is 28.8 Å². The van der Waals surface area contributed by atoms with E-state index in [-0.39, 0.29) is 11.7 Å². The fraction of sp³-hybridized carbons (Fsp3) is 0.571. The van der Waals surface area contributed by atoms with E-state index in [1.165, 1.54) is 0 Å². The van der Waals surface area contributed by atoms with Crippen LogP contribution in [0, 0.1) is 30.1 Å². The Morgan fingerprint density at radius 3 is 1.96 bits per heavy atom. The normalized spacial score (nSPS) is 12.4. The van der Waals surface area contributed by atoms with Crippen molar-refractivity contribution in [2.75, 3.05) is 0 Å². The maximum atomic E-state index is 12.6. The second kappa shape index (κ2) is 8.77. The van der Waals surface area contributed by atoms with Crippen molar-refractivity contribution in [1.82, 2.24) is 0 Å². The average Bonchev–Trinajstić information content (AvgIpc) is 2.42. The first-order valence-corrected chi connectivity index (χ1v) is 8.56. The van der Waals surface area contributed by atoms with E-state index in [1.807, 2.05) is 19.1 Å². The molecule has 0 aliphatic rings. The summed E-state index contributed by atoms with van der Waals surface area (Å²) in [4.78, 5) is 12.6. The van der Waals surface area contributed by atoms with Gasteiger partial charge in [-0.25, -0.2) is 0 Å². The topological polar surface area (TPSA) is 37.3 Å². The van der Waals surface area contributed by atoms with Crippen molar-refractivity contribution >= 4 is 5.78 Å². The SMILES string of the molecule is C#CC[C@@H](C)CC(=O)c1cc(CC(C)C)c(O)c(CC(C)C)c1. The molecule has 0 spiro atoms. The Bertz CT molecular complexity index is 545. The van der Waals surface area contributed by atoms with E-state index < -0.39 is 0 Å². The molecule has 0 heterocycles. The number of hydrogen-bond donors (Lipinski definition) is 1. The molecule has 0 aromatic heterocycles. The van der Waals surface area contributed by atoms with Crippen molar-refractivity contribution in [3.63, 3.8) is 0 Å². The summed E-state index contributed by atoms with van der Waals surface area (Å²) in [5.74, 6) is 4.13. The molecule has 0 fully saturated rings. The zero-order valence-electron chi connectivity index (χ0n) is 15.1. The lowest BCUT2D eigenvalue weighted by Gasteiger charge is -2.16. The first kappa shape index (κ1) is 19.3. The van der Waals surface area contributed by atoms with Crippen LogP contribution >= 0.6 is 0 Å². The predicted molar refractivity (Wildman–Crippen MR) is 96.8 cm³/mol. The third kappa shape index (κ3) is 6.10. The van der Waals surface area contributed by atoms with Gasteiger partial charge in [-0.2, -0.15) is 0 Å². The smallest absolute Gasteiger partial charge is 0.163 e. The molecule has 0 bridgehead atoms. The molecule has 1 aromatic rings. The highest BCUT2D eigenvalue weighted by Gasteiger charge is 2.17. The number of terminal acetylenes is 1. The van der Waals surface area contributed by atoms with Crippen molar-refractivity contribution in [1.29, 1.82) is 0 Å². The van der Waals surface area contributed by atoms with E-state index in [1.54, 1.807) is 0 Å². The van der Waals surface area contributed by atoms with Crippen molar-refractivity contribution in [3.8, 4) is 18.1 Å². The minimum absolute atomic E-state index is 0.114. The van der Waals surface area contributed by atoms with E-state index in [0.29, 0.717) is 36.0 Å². The van der Waals surface area contributed by atoms with Gasteiger partial charge < -0.3 is 5.11 Å². The maximum Gasteiger partial charge on any atom is 0.163 e. The lowest BCUT2D eigenvalue weighted by molar-refractivity contribution is 0.0965. The molecule has 0 saturated carbocycles. The summed E-state index contributed by atoms with van der Waals surface area (Å²) in [5.41, 5.74) is 2.47. The lowest BCUT2D eigenvalue weighted by Crippen LogP contribution is -2.09. The van der Waals surface area contributed by atoms with Gasteiger partial charge in [0, 0.05) is 18.4 Å². The van der Waals surface area contributed by atoms with Gasteiger partial charge >= 0.3 is 0 Å². The standard InChI is InChI=1S/C21H30O2/c1-7-8-16(6)11-20(22)17-12-18(9-14(2)3)21(23)19(13-17)10-15(4)5/h1,12-16,23H,8-11H2,2-6H3/t16-/m1/s1. The highest BCUT2D eigenvalue weighted by atomic mass is 16.3. The summed E-state index contributed by atoms with van der Waals surface area (Å²) in [7, 11) is 0. The largest absolute Gasteiger partial charge is 0.507 e. The number of aromatic hydroxyl groups is 1. The zero-order valence-corrected chi connectivity index (χ0v) is 15.1. The molecular formula is C21H30O2. The van der Waals surface area contributed by atoms with Gasteiger partial charge in [-0.1, -0.05) is 34.6 Å². The van der Waals surface area contributed by atoms with E-state index in [0.717, 1.165) is 24.0 Å². The lowest BCUT2D eigenvalue weighted by atomic mass is 9.90. The van der Waals surface area contributed by atoms with Crippen LogP contribution in [0.2, 0.25) is 0 Å². The molecule has 2 nitrogen and oxygen atoms in total. The Kier molecular flexibility index (Phi) is 7.36. The Morgan fingerprint density at radius 2 is 1.57 bits per heavy atom. The van der Waals surface area contributed by atoms with Gasteiger partial charge in [0.25, 0.3) is 0 Å².